The van der Waals surface area contributed by atoms with E-state index in [4.69, 9.17) is 22.1 Å². The fourth-order valence-corrected chi connectivity index (χ4v) is 3.72. The van der Waals surface area contributed by atoms with Crippen molar-refractivity contribution >= 4 is 53.2 Å². The summed E-state index contributed by atoms with van der Waals surface area (Å²) < 4.78 is 22.1. The number of fused-ring (bicyclic) bond motifs is 1. The second kappa shape index (κ2) is 9.47. The van der Waals surface area contributed by atoms with Gasteiger partial charge in [0.15, 0.2) is 12.4 Å². The van der Waals surface area contributed by atoms with Crippen LogP contribution in [0.3, 0.4) is 0 Å². The Balaban J connectivity index is 1.57. The molecule has 3 aromatic heterocycles. The molecule has 1 aromatic carbocycles. The van der Waals surface area contributed by atoms with Crippen molar-refractivity contribution in [2.45, 2.75) is 25.6 Å². The summed E-state index contributed by atoms with van der Waals surface area (Å²) in [7, 11) is 0. The maximum Gasteiger partial charge on any atom is 0.329 e. The molecule has 5 rings (SSSR count). The molecule has 0 saturated heterocycles. The molecule has 0 unspecified atom stereocenters. The molecule has 3 heterocycles. The summed E-state index contributed by atoms with van der Waals surface area (Å²) in [6.45, 7) is 3.29. The lowest BCUT2D eigenvalue weighted by molar-refractivity contribution is -0.145. The maximum absolute atomic E-state index is 14.3. The maximum atomic E-state index is 14.3. The molecule has 5 N–H and O–H groups in total. The van der Waals surface area contributed by atoms with E-state index in [1.165, 1.54) is 22.8 Å². The van der Waals surface area contributed by atoms with Crippen LogP contribution < -0.4 is 32.8 Å². The van der Waals surface area contributed by atoms with Gasteiger partial charge in [-0.15, -0.1) is 0 Å². The summed E-state index contributed by atoms with van der Waals surface area (Å²) in [5, 5.41) is 11.9. The standard InChI is InChI=1S/C23H22ClFN8O3/c1-12-17(30-23(35)32(12)11-36-21(34)9-26)6-13-10-27-33-20(28-15-3-4-15)8-19(31-22(13)33)29-18-7-14(24)2-5-16(18)25/h2,5-8,10,15,28H,1,3-4,9,11,26H2,(H,29,31)(H,30,35)/b17-6-. The number of carbonyl (C=O) groups excluding carboxylic acids is 1. The normalized spacial score (nSPS) is 13.8. The zero-order valence-corrected chi connectivity index (χ0v) is 19.7. The van der Waals surface area contributed by atoms with E-state index in [1.54, 1.807) is 22.9 Å². The second-order valence-electron chi connectivity index (χ2n) is 8.24. The van der Waals surface area contributed by atoms with Gasteiger partial charge in [0.2, 0.25) is 0 Å². The Morgan fingerprint density at radius 3 is 2.94 bits per heavy atom. The highest BCUT2D eigenvalue weighted by Crippen LogP contribution is 2.29. The van der Waals surface area contributed by atoms with Gasteiger partial charge < -0.3 is 26.1 Å². The van der Waals surface area contributed by atoms with Gasteiger partial charge in [0, 0.05) is 22.7 Å². The van der Waals surface area contributed by atoms with Gasteiger partial charge in [-0.2, -0.15) is 9.61 Å². The molecular formula is C23H22ClFN8O3. The molecule has 0 bridgehead atoms. The lowest BCUT2D eigenvalue weighted by Crippen LogP contribution is -2.33. The number of imidazole rings is 1. The largest absolute Gasteiger partial charge is 0.443 e. The van der Waals surface area contributed by atoms with Crippen molar-refractivity contribution in [3.63, 3.8) is 0 Å². The fraction of sp³-hybridized carbons (Fsp3) is 0.217. The Labute approximate surface area is 208 Å². The number of anilines is 3. The summed E-state index contributed by atoms with van der Waals surface area (Å²) in [4.78, 5) is 31.1. The third-order valence-electron chi connectivity index (χ3n) is 5.56. The van der Waals surface area contributed by atoms with Crippen LogP contribution in [0.4, 0.5) is 21.7 Å². The van der Waals surface area contributed by atoms with Crippen LogP contribution in [0.15, 0.2) is 35.3 Å². The predicted molar refractivity (Wildman–Crippen MR) is 133 cm³/mol. The molecule has 1 aliphatic carbocycles. The molecule has 1 fully saturated rings. The van der Waals surface area contributed by atoms with Crippen molar-refractivity contribution in [3.05, 3.63) is 68.0 Å². The molecule has 0 spiro atoms. The smallest absolute Gasteiger partial charge is 0.329 e. The summed E-state index contributed by atoms with van der Waals surface area (Å²) in [6, 6.07) is 6.26. The number of nitrogens with zero attached hydrogens (tertiary/aromatic N) is 4. The number of ether oxygens (including phenoxy) is 1. The Kier molecular flexibility index (Phi) is 6.20. The molecule has 0 amide bonds. The molecule has 0 atom stereocenters. The number of carbonyl (C=O) groups is 1. The monoisotopic (exact) mass is 512 g/mol. The Morgan fingerprint density at radius 2 is 2.19 bits per heavy atom. The molecule has 186 valence electrons. The third kappa shape index (κ3) is 4.81. The van der Waals surface area contributed by atoms with Gasteiger partial charge in [0.25, 0.3) is 0 Å². The van der Waals surface area contributed by atoms with Gasteiger partial charge in [-0.05, 0) is 37.1 Å². The highest BCUT2D eigenvalue weighted by molar-refractivity contribution is 6.30. The van der Waals surface area contributed by atoms with E-state index < -0.39 is 17.5 Å². The topological polar surface area (TPSA) is 144 Å². The molecule has 4 aromatic rings. The number of nitrogens with one attached hydrogen (secondary N) is 3. The van der Waals surface area contributed by atoms with Gasteiger partial charge in [-0.3, -0.25) is 9.36 Å². The number of nitrogens with two attached hydrogens (primary N) is 1. The van der Waals surface area contributed by atoms with E-state index in [1.807, 2.05) is 0 Å². The van der Waals surface area contributed by atoms with Gasteiger partial charge in [-0.1, -0.05) is 18.2 Å². The number of rotatable bonds is 8. The number of aromatic nitrogens is 5. The van der Waals surface area contributed by atoms with Gasteiger partial charge in [-0.25, -0.2) is 14.2 Å². The van der Waals surface area contributed by atoms with Crippen LogP contribution in [0.1, 0.15) is 18.4 Å². The van der Waals surface area contributed by atoms with Crippen molar-refractivity contribution in [2.24, 2.45) is 5.73 Å². The Bertz CT molecular complexity index is 1640. The van der Waals surface area contributed by atoms with Crippen LogP contribution in [0.2, 0.25) is 5.02 Å². The van der Waals surface area contributed by atoms with Crippen LogP contribution in [0.5, 0.6) is 0 Å². The SMILES string of the molecule is C=c1/c(=C/c2cnn3c(NC4CC4)cc(Nc4cc(Cl)ccc4F)nc23)[nH]c(=O)n1COC(=O)CN. The lowest BCUT2D eigenvalue weighted by Gasteiger charge is -2.12. The highest BCUT2D eigenvalue weighted by Gasteiger charge is 2.23. The molecule has 13 heteroatoms. The molecule has 0 aliphatic heterocycles. The number of halogens is 2. The minimum absolute atomic E-state index is 0.176. The van der Waals surface area contributed by atoms with Gasteiger partial charge in [0.1, 0.15) is 17.5 Å². The highest BCUT2D eigenvalue weighted by atomic mass is 35.5. The van der Waals surface area contributed by atoms with Crippen molar-refractivity contribution in [3.8, 4) is 0 Å². The zero-order valence-electron chi connectivity index (χ0n) is 18.9. The molecule has 36 heavy (non-hydrogen) atoms. The van der Waals surface area contributed by atoms with E-state index in [-0.39, 0.29) is 19.0 Å². The van der Waals surface area contributed by atoms with E-state index in [0.29, 0.717) is 44.6 Å². The van der Waals surface area contributed by atoms with Crippen LogP contribution >= 0.6 is 11.6 Å². The first kappa shape index (κ1) is 23.6. The number of H-pyrrole nitrogens is 1. The summed E-state index contributed by atoms with van der Waals surface area (Å²) in [6.07, 6.45) is 5.31. The van der Waals surface area contributed by atoms with Crippen LogP contribution in [-0.4, -0.2) is 42.7 Å². The van der Waals surface area contributed by atoms with Crippen molar-refractivity contribution in [1.82, 2.24) is 24.1 Å². The second-order valence-corrected chi connectivity index (χ2v) is 8.68. The van der Waals surface area contributed by atoms with Crippen molar-refractivity contribution in [1.29, 1.82) is 0 Å². The van der Waals surface area contributed by atoms with Crippen LogP contribution in [0, 0.1) is 5.82 Å². The van der Waals surface area contributed by atoms with Gasteiger partial charge >= 0.3 is 11.7 Å². The van der Waals surface area contributed by atoms with Gasteiger partial charge in [0.05, 0.1) is 29.1 Å². The number of hydrogen-bond donors (Lipinski definition) is 4. The number of esters is 1. The Hall–Kier alpha value is -4.16. The molecule has 11 nitrogen and oxygen atoms in total. The Morgan fingerprint density at radius 1 is 1.39 bits per heavy atom. The van der Waals surface area contributed by atoms with Crippen LogP contribution in [-0.2, 0) is 16.3 Å². The number of hydrogen-bond acceptors (Lipinski definition) is 8. The summed E-state index contributed by atoms with van der Waals surface area (Å²) in [5.74, 6) is -0.0843. The average molecular weight is 513 g/mol. The van der Waals surface area contributed by atoms with E-state index >= 15 is 0 Å². The fourth-order valence-electron chi connectivity index (χ4n) is 3.55. The van der Waals surface area contributed by atoms with Crippen molar-refractivity contribution < 1.29 is 13.9 Å². The average Bonchev–Trinajstić information content (AvgIpc) is 3.52. The van der Waals surface area contributed by atoms with Crippen LogP contribution in [0.25, 0.3) is 18.3 Å². The van der Waals surface area contributed by atoms with Crippen molar-refractivity contribution in [2.75, 3.05) is 17.2 Å². The summed E-state index contributed by atoms with van der Waals surface area (Å²) in [5.41, 5.74) is 5.93. The molecular weight excluding hydrogens is 491 g/mol. The minimum atomic E-state index is -0.647. The predicted octanol–water partition coefficient (Wildman–Crippen LogP) is 1.03. The molecule has 1 aliphatic rings. The van der Waals surface area contributed by atoms with E-state index in [0.717, 1.165) is 12.8 Å². The first-order valence-electron chi connectivity index (χ1n) is 11.0. The zero-order chi connectivity index (χ0) is 25.4. The first-order chi connectivity index (χ1) is 17.3. The summed E-state index contributed by atoms with van der Waals surface area (Å²) >= 11 is 6.03. The number of aromatic amines is 1. The lowest BCUT2D eigenvalue weighted by atomic mass is 10.3. The third-order valence-corrected chi connectivity index (χ3v) is 5.80. The van der Waals surface area contributed by atoms with E-state index in [2.05, 4.69) is 32.3 Å². The first-order valence-corrected chi connectivity index (χ1v) is 11.4. The van der Waals surface area contributed by atoms with E-state index in [9.17, 15) is 14.0 Å². The quantitative estimate of drug-likeness (QED) is 0.256. The molecule has 0 radical (unpaired) electrons. The number of benzene rings is 1. The minimum Gasteiger partial charge on any atom is -0.443 e. The molecule has 1 saturated carbocycles.